The maximum Gasteiger partial charge on any atom is 0.131 e. The van der Waals surface area contributed by atoms with Crippen molar-refractivity contribution in [2.24, 2.45) is 0 Å². The fraction of sp³-hybridized carbons (Fsp3) is 0.692. The number of hydrogen-bond acceptors (Lipinski definition) is 6. The first-order valence-corrected chi connectivity index (χ1v) is 6.87. The van der Waals surface area contributed by atoms with Crippen molar-refractivity contribution >= 4 is 11.6 Å². The lowest BCUT2D eigenvalue weighted by atomic mass is 10.2. The van der Waals surface area contributed by atoms with E-state index in [2.05, 4.69) is 25.9 Å². The average molecular weight is 265 g/mol. The van der Waals surface area contributed by atoms with E-state index in [0.717, 1.165) is 56.5 Å². The van der Waals surface area contributed by atoms with Gasteiger partial charge in [0.2, 0.25) is 0 Å². The molecule has 0 aromatic carbocycles. The maximum absolute atomic E-state index is 5.58. The van der Waals surface area contributed by atoms with Gasteiger partial charge in [-0.05, 0) is 26.8 Å². The van der Waals surface area contributed by atoms with Gasteiger partial charge < -0.3 is 20.7 Å². The Morgan fingerprint density at radius 3 is 2.74 bits per heavy atom. The van der Waals surface area contributed by atoms with Crippen molar-refractivity contribution in [1.82, 2.24) is 15.3 Å². The molecule has 1 aliphatic heterocycles. The first-order valence-electron chi connectivity index (χ1n) is 6.87. The first-order chi connectivity index (χ1) is 9.28. The Kier molecular flexibility index (Phi) is 5.35. The van der Waals surface area contributed by atoms with Gasteiger partial charge in [-0.2, -0.15) is 0 Å². The van der Waals surface area contributed by atoms with Crippen LogP contribution in [0.2, 0.25) is 0 Å². The van der Waals surface area contributed by atoms with Gasteiger partial charge in [-0.15, -0.1) is 0 Å². The molecule has 0 radical (unpaired) electrons. The molecular formula is C13H23N5O. The molecule has 0 aliphatic carbocycles. The molecule has 1 unspecified atom stereocenters. The third kappa shape index (κ3) is 4.65. The Bertz CT molecular complexity index is 393. The van der Waals surface area contributed by atoms with Crippen molar-refractivity contribution in [1.29, 1.82) is 0 Å². The third-order valence-electron chi connectivity index (χ3n) is 3.05. The molecule has 19 heavy (non-hydrogen) atoms. The van der Waals surface area contributed by atoms with E-state index in [0.29, 0.717) is 6.10 Å². The average Bonchev–Trinajstić information content (AvgIpc) is 2.89. The summed E-state index contributed by atoms with van der Waals surface area (Å²) >= 11 is 0. The summed E-state index contributed by atoms with van der Waals surface area (Å²) in [4.78, 5) is 8.75. The molecule has 1 aliphatic rings. The summed E-state index contributed by atoms with van der Waals surface area (Å²) in [5.74, 6) is 2.48. The summed E-state index contributed by atoms with van der Waals surface area (Å²) in [6, 6.07) is 1.94. The van der Waals surface area contributed by atoms with Gasteiger partial charge in [0.1, 0.15) is 17.5 Å². The van der Waals surface area contributed by atoms with Crippen molar-refractivity contribution in [3.8, 4) is 0 Å². The smallest absolute Gasteiger partial charge is 0.131 e. The molecule has 2 heterocycles. The largest absolute Gasteiger partial charge is 0.376 e. The maximum atomic E-state index is 5.58. The molecule has 1 atom stereocenters. The SMILES string of the molecule is CNCCNc1cc(NCC2CCCO2)nc(C)n1. The van der Waals surface area contributed by atoms with Crippen LogP contribution in [-0.4, -0.2) is 49.4 Å². The minimum atomic E-state index is 0.316. The molecule has 6 heteroatoms. The number of rotatable bonds is 7. The molecule has 1 aromatic rings. The van der Waals surface area contributed by atoms with Gasteiger partial charge in [0.25, 0.3) is 0 Å². The molecule has 1 aromatic heterocycles. The minimum Gasteiger partial charge on any atom is -0.376 e. The van der Waals surface area contributed by atoms with Crippen LogP contribution in [0.25, 0.3) is 0 Å². The van der Waals surface area contributed by atoms with Crippen LogP contribution in [0.5, 0.6) is 0 Å². The molecule has 0 spiro atoms. The Hall–Kier alpha value is -1.40. The Morgan fingerprint density at radius 1 is 1.26 bits per heavy atom. The zero-order valence-electron chi connectivity index (χ0n) is 11.7. The fourth-order valence-electron chi connectivity index (χ4n) is 2.09. The van der Waals surface area contributed by atoms with E-state index in [4.69, 9.17) is 4.74 Å². The zero-order chi connectivity index (χ0) is 13.5. The number of ether oxygens (including phenoxy) is 1. The van der Waals surface area contributed by atoms with Crippen molar-refractivity contribution in [3.63, 3.8) is 0 Å². The number of likely N-dealkylation sites (N-methyl/N-ethyl adjacent to an activating group) is 1. The van der Waals surface area contributed by atoms with Crippen molar-refractivity contribution < 1.29 is 4.74 Å². The van der Waals surface area contributed by atoms with Gasteiger partial charge >= 0.3 is 0 Å². The highest BCUT2D eigenvalue weighted by molar-refractivity contribution is 5.47. The molecule has 2 rings (SSSR count). The number of nitrogens with one attached hydrogen (secondary N) is 3. The predicted molar refractivity (Wildman–Crippen MR) is 76.6 cm³/mol. The van der Waals surface area contributed by atoms with Crippen molar-refractivity contribution in [2.45, 2.75) is 25.9 Å². The second kappa shape index (κ2) is 7.25. The van der Waals surface area contributed by atoms with Crippen LogP contribution in [0.3, 0.4) is 0 Å². The van der Waals surface area contributed by atoms with Gasteiger partial charge in [-0.1, -0.05) is 0 Å². The van der Waals surface area contributed by atoms with Crippen LogP contribution in [0.1, 0.15) is 18.7 Å². The van der Waals surface area contributed by atoms with Gasteiger partial charge in [0, 0.05) is 32.3 Å². The zero-order valence-corrected chi connectivity index (χ0v) is 11.7. The quantitative estimate of drug-likeness (QED) is 0.639. The number of aromatic nitrogens is 2. The van der Waals surface area contributed by atoms with Gasteiger partial charge in [0.05, 0.1) is 6.10 Å². The van der Waals surface area contributed by atoms with E-state index in [9.17, 15) is 0 Å². The Labute approximate surface area is 114 Å². The van der Waals surface area contributed by atoms with Crippen LogP contribution in [-0.2, 0) is 4.74 Å². The fourth-order valence-corrected chi connectivity index (χ4v) is 2.09. The lowest BCUT2D eigenvalue weighted by Gasteiger charge is -2.13. The second-order valence-corrected chi connectivity index (χ2v) is 4.73. The Balaban J connectivity index is 1.87. The summed E-state index contributed by atoms with van der Waals surface area (Å²) in [7, 11) is 1.93. The number of hydrogen-bond donors (Lipinski definition) is 3. The van der Waals surface area contributed by atoms with Crippen molar-refractivity contribution in [2.75, 3.05) is 43.9 Å². The van der Waals surface area contributed by atoms with Crippen LogP contribution in [0, 0.1) is 6.92 Å². The van der Waals surface area contributed by atoms with E-state index in [1.165, 1.54) is 0 Å². The minimum absolute atomic E-state index is 0.316. The van der Waals surface area contributed by atoms with E-state index in [-0.39, 0.29) is 0 Å². The van der Waals surface area contributed by atoms with Crippen LogP contribution >= 0.6 is 0 Å². The van der Waals surface area contributed by atoms with E-state index in [1.807, 2.05) is 20.0 Å². The van der Waals surface area contributed by atoms with Crippen LogP contribution in [0.4, 0.5) is 11.6 Å². The van der Waals surface area contributed by atoms with Gasteiger partial charge in [0.15, 0.2) is 0 Å². The summed E-state index contributed by atoms with van der Waals surface area (Å²) < 4.78 is 5.58. The molecule has 6 nitrogen and oxygen atoms in total. The number of nitrogens with zero attached hydrogens (tertiary/aromatic N) is 2. The highest BCUT2D eigenvalue weighted by Crippen LogP contribution is 2.14. The third-order valence-corrected chi connectivity index (χ3v) is 3.05. The van der Waals surface area contributed by atoms with Crippen molar-refractivity contribution in [3.05, 3.63) is 11.9 Å². The highest BCUT2D eigenvalue weighted by Gasteiger charge is 2.15. The van der Waals surface area contributed by atoms with E-state index >= 15 is 0 Å². The molecule has 0 saturated carbocycles. The molecule has 106 valence electrons. The summed E-state index contributed by atoms with van der Waals surface area (Å²) in [5.41, 5.74) is 0. The predicted octanol–water partition coefficient (Wildman–Crippen LogP) is 1.01. The molecule has 3 N–H and O–H groups in total. The van der Waals surface area contributed by atoms with Crippen LogP contribution in [0.15, 0.2) is 6.07 Å². The van der Waals surface area contributed by atoms with Gasteiger partial charge in [-0.3, -0.25) is 0 Å². The monoisotopic (exact) mass is 265 g/mol. The number of aryl methyl sites for hydroxylation is 1. The normalized spacial score (nSPS) is 18.5. The topological polar surface area (TPSA) is 71.1 Å². The van der Waals surface area contributed by atoms with Crippen LogP contribution < -0.4 is 16.0 Å². The molecule has 0 amide bonds. The molecule has 1 saturated heterocycles. The standard InChI is InChI=1S/C13H23N5O/c1-10-17-12(15-6-5-14-2)8-13(18-10)16-9-11-4-3-7-19-11/h8,11,14H,3-7,9H2,1-2H3,(H2,15,16,17,18). The van der Waals surface area contributed by atoms with E-state index < -0.39 is 0 Å². The molecule has 0 bridgehead atoms. The second-order valence-electron chi connectivity index (χ2n) is 4.73. The first kappa shape index (κ1) is 14.0. The summed E-state index contributed by atoms with van der Waals surface area (Å²) in [6.07, 6.45) is 2.60. The molecular weight excluding hydrogens is 242 g/mol. The summed E-state index contributed by atoms with van der Waals surface area (Å²) in [5, 5.41) is 9.69. The number of anilines is 2. The van der Waals surface area contributed by atoms with E-state index in [1.54, 1.807) is 0 Å². The summed E-state index contributed by atoms with van der Waals surface area (Å²) in [6.45, 7) is 5.35. The van der Waals surface area contributed by atoms with Gasteiger partial charge in [-0.25, -0.2) is 9.97 Å². The lowest BCUT2D eigenvalue weighted by Crippen LogP contribution is -2.20. The lowest BCUT2D eigenvalue weighted by molar-refractivity contribution is 0.120. The Morgan fingerprint density at radius 2 is 2.05 bits per heavy atom. The molecule has 1 fully saturated rings. The highest BCUT2D eigenvalue weighted by atomic mass is 16.5.